The highest BCUT2D eigenvalue weighted by atomic mass is 14.5. The molecule has 3 rings (SSSR count). The van der Waals surface area contributed by atoms with Crippen LogP contribution in [0.3, 0.4) is 0 Å². The van der Waals surface area contributed by atoms with Gasteiger partial charge >= 0.3 is 0 Å². The zero-order valence-electron chi connectivity index (χ0n) is 8.67. The molecule has 0 bridgehead atoms. The molecule has 13 heavy (non-hydrogen) atoms. The molecule has 0 heteroatoms. The second-order valence-corrected chi connectivity index (χ2v) is 5.65. The van der Waals surface area contributed by atoms with Crippen molar-refractivity contribution in [2.75, 3.05) is 0 Å². The first-order chi connectivity index (χ1) is 6.45. The summed E-state index contributed by atoms with van der Waals surface area (Å²) in [5.74, 6) is 4.70. The Hall–Kier alpha value is 0. The van der Waals surface area contributed by atoms with Crippen LogP contribution in [-0.4, -0.2) is 0 Å². The van der Waals surface area contributed by atoms with Crippen LogP contribution in [0.4, 0.5) is 0 Å². The number of rotatable bonds is 0. The fourth-order valence-corrected chi connectivity index (χ4v) is 4.57. The Labute approximate surface area is 82.1 Å². The lowest BCUT2D eigenvalue weighted by Crippen LogP contribution is -2.22. The van der Waals surface area contributed by atoms with Crippen molar-refractivity contribution in [2.24, 2.45) is 23.7 Å². The van der Waals surface area contributed by atoms with Crippen LogP contribution >= 0.6 is 0 Å². The van der Waals surface area contributed by atoms with Gasteiger partial charge in [0.05, 0.1) is 0 Å². The molecule has 0 saturated heterocycles. The summed E-state index contributed by atoms with van der Waals surface area (Å²) in [6, 6.07) is 0. The summed E-state index contributed by atoms with van der Waals surface area (Å²) >= 11 is 0. The minimum atomic E-state index is 1.17. The summed E-state index contributed by atoms with van der Waals surface area (Å²) < 4.78 is 0. The minimum Gasteiger partial charge on any atom is -0.0530 e. The van der Waals surface area contributed by atoms with E-state index in [4.69, 9.17) is 0 Å². The Balaban J connectivity index is 1.76. The summed E-state index contributed by atoms with van der Waals surface area (Å²) in [6.45, 7) is 0. The molecule has 0 aromatic heterocycles. The van der Waals surface area contributed by atoms with Crippen molar-refractivity contribution in [3.8, 4) is 0 Å². The van der Waals surface area contributed by atoms with Crippen molar-refractivity contribution in [1.29, 1.82) is 0 Å². The maximum atomic E-state index is 1.62. The van der Waals surface area contributed by atoms with E-state index >= 15 is 0 Å². The molecule has 0 aromatic carbocycles. The van der Waals surface area contributed by atoms with Crippen LogP contribution in [0.1, 0.15) is 57.8 Å². The average molecular weight is 178 g/mol. The largest absolute Gasteiger partial charge is 0.0530 e. The van der Waals surface area contributed by atoms with Crippen LogP contribution < -0.4 is 0 Å². The normalized spacial score (nSPS) is 49.8. The zero-order valence-corrected chi connectivity index (χ0v) is 8.67. The molecule has 0 unspecified atom stereocenters. The van der Waals surface area contributed by atoms with E-state index < -0.39 is 0 Å². The second kappa shape index (κ2) is 3.29. The van der Waals surface area contributed by atoms with Gasteiger partial charge in [0.15, 0.2) is 0 Å². The van der Waals surface area contributed by atoms with E-state index in [1.807, 2.05) is 0 Å². The van der Waals surface area contributed by atoms with Gasteiger partial charge in [-0.3, -0.25) is 0 Å². The van der Waals surface area contributed by atoms with E-state index in [9.17, 15) is 0 Å². The third kappa shape index (κ3) is 1.33. The van der Waals surface area contributed by atoms with Gasteiger partial charge in [-0.2, -0.15) is 0 Å². The molecule has 0 aromatic rings. The smallest absolute Gasteiger partial charge is 0.0355 e. The monoisotopic (exact) mass is 178 g/mol. The molecule has 3 saturated carbocycles. The highest BCUT2D eigenvalue weighted by Gasteiger charge is 2.43. The van der Waals surface area contributed by atoms with Crippen molar-refractivity contribution in [3.05, 3.63) is 0 Å². The molecule has 0 aliphatic heterocycles. The first kappa shape index (κ1) is 8.32. The molecule has 0 amide bonds. The molecule has 0 heterocycles. The van der Waals surface area contributed by atoms with Crippen molar-refractivity contribution in [3.63, 3.8) is 0 Å². The Kier molecular flexibility index (Phi) is 2.11. The highest BCUT2D eigenvalue weighted by molar-refractivity contribution is 4.94. The average Bonchev–Trinajstić information content (AvgIpc) is 2.56. The SMILES string of the molecule is C1CC[C@@H]2[C@H](C1)C[C@@H]1CCCC[C@H]12. The minimum absolute atomic E-state index is 1.17. The lowest BCUT2D eigenvalue weighted by Gasteiger charge is -2.32. The van der Waals surface area contributed by atoms with Crippen molar-refractivity contribution in [2.45, 2.75) is 57.8 Å². The zero-order chi connectivity index (χ0) is 8.67. The van der Waals surface area contributed by atoms with Crippen LogP contribution in [0.25, 0.3) is 0 Å². The molecule has 0 N–H and O–H groups in total. The lowest BCUT2D eigenvalue weighted by atomic mass is 9.73. The van der Waals surface area contributed by atoms with Gasteiger partial charge in [0.25, 0.3) is 0 Å². The van der Waals surface area contributed by atoms with E-state index in [0.717, 1.165) is 0 Å². The molecule has 74 valence electrons. The van der Waals surface area contributed by atoms with Crippen molar-refractivity contribution < 1.29 is 0 Å². The van der Waals surface area contributed by atoms with E-state index in [1.165, 1.54) is 23.7 Å². The van der Waals surface area contributed by atoms with Gasteiger partial charge in [-0.25, -0.2) is 0 Å². The fraction of sp³-hybridized carbons (Fsp3) is 1.00. The van der Waals surface area contributed by atoms with Crippen LogP contribution in [0.15, 0.2) is 0 Å². The molecule has 3 aliphatic carbocycles. The summed E-state index contributed by atoms with van der Waals surface area (Å²) in [7, 11) is 0. The standard InChI is InChI=1S/C13H22/c1-3-7-12-10(5-1)9-11-6-2-4-8-13(11)12/h10-13H,1-9H2/t10-,11+,12-,13-/m1/s1. The van der Waals surface area contributed by atoms with Gasteiger partial charge < -0.3 is 0 Å². The molecular formula is C13H22. The Morgan fingerprint density at radius 3 is 1.54 bits per heavy atom. The summed E-state index contributed by atoms with van der Waals surface area (Å²) in [6.07, 6.45) is 14.1. The van der Waals surface area contributed by atoms with E-state index in [2.05, 4.69) is 0 Å². The van der Waals surface area contributed by atoms with Gasteiger partial charge in [-0.15, -0.1) is 0 Å². The third-order valence-corrected chi connectivity index (χ3v) is 5.09. The predicted octanol–water partition coefficient (Wildman–Crippen LogP) is 4.00. The Bertz CT molecular complexity index is 164. The Morgan fingerprint density at radius 2 is 1.00 bits per heavy atom. The van der Waals surface area contributed by atoms with Gasteiger partial charge in [-0.05, 0) is 42.9 Å². The Morgan fingerprint density at radius 1 is 0.538 bits per heavy atom. The summed E-state index contributed by atoms with van der Waals surface area (Å²) in [4.78, 5) is 0. The summed E-state index contributed by atoms with van der Waals surface area (Å²) in [5, 5.41) is 0. The fourth-order valence-electron chi connectivity index (χ4n) is 4.57. The van der Waals surface area contributed by atoms with Gasteiger partial charge in [0, 0.05) is 0 Å². The quantitative estimate of drug-likeness (QED) is 0.526. The lowest BCUT2D eigenvalue weighted by molar-refractivity contribution is 0.184. The topological polar surface area (TPSA) is 0 Å². The summed E-state index contributed by atoms with van der Waals surface area (Å²) in [5.41, 5.74) is 0. The van der Waals surface area contributed by atoms with Crippen molar-refractivity contribution in [1.82, 2.24) is 0 Å². The number of hydrogen-bond acceptors (Lipinski definition) is 0. The molecule has 3 fully saturated rings. The molecule has 4 atom stereocenters. The second-order valence-electron chi connectivity index (χ2n) is 5.65. The maximum Gasteiger partial charge on any atom is -0.0355 e. The molecule has 0 radical (unpaired) electrons. The number of hydrogen-bond donors (Lipinski definition) is 0. The molecule has 0 spiro atoms. The molecule has 0 nitrogen and oxygen atoms in total. The third-order valence-electron chi connectivity index (χ3n) is 5.09. The van der Waals surface area contributed by atoms with Gasteiger partial charge in [0.2, 0.25) is 0 Å². The van der Waals surface area contributed by atoms with Gasteiger partial charge in [-0.1, -0.05) is 38.5 Å². The van der Waals surface area contributed by atoms with Crippen LogP contribution in [-0.2, 0) is 0 Å². The maximum absolute atomic E-state index is 1.62. The first-order valence-electron chi connectivity index (χ1n) is 6.45. The van der Waals surface area contributed by atoms with E-state index in [1.54, 1.807) is 57.8 Å². The number of fused-ring (bicyclic) bond motifs is 3. The van der Waals surface area contributed by atoms with Crippen LogP contribution in [0.5, 0.6) is 0 Å². The first-order valence-corrected chi connectivity index (χ1v) is 6.45. The van der Waals surface area contributed by atoms with Crippen molar-refractivity contribution >= 4 is 0 Å². The van der Waals surface area contributed by atoms with E-state index in [-0.39, 0.29) is 0 Å². The van der Waals surface area contributed by atoms with E-state index in [0.29, 0.717) is 0 Å². The highest BCUT2D eigenvalue weighted by Crippen LogP contribution is 2.53. The van der Waals surface area contributed by atoms with Gasteiger partial charge in [0.1, 0.15) is 0 Å². The molecular weight excluding hydrogens is 156 g/mol. The predicted molar refractivity (Wildman–Crippen MR) is 55.5 cm³/mol. The van der Waals surface area contributed by atoms with Crippen LogP contribution in [0, 0.1) is 23.7 Å². The molecule has 3 aliphatic rings. The van der Waals surface area contributed by atoms with Crippen LogP contribution in [0.2, 0.25) is 0 Å².